The zero-order chi connectivity index (χ0) is 28.0. The van der Waals surface area contributed by atoms with Gasteiger partial charge in [0, 0.05) is 17.8 Å². The normalized spacial score (nSPS) is 11.5. The van der Waals surface area contributed by atoms with Gasteiger partial charge in [0.2, 0.25) is 0 Å². The molecule has 0 fully saturated rings. The average molecular weight is 539 g/mol. The number of pyridine rings is 1. The molecule has 0 saturated heterocycles. The van der Waals surface area contributed by atoms with E-state index in [-0.39, 0.29) is 0 Å². The van der Waals surface area contributed by atoms with Crippen molar-refractivity contribution in [2.24, 2.45) is 0 Å². The number of aromatic nitrogens is 4. The van der Waals surface area contributed by atoms with Crippen molar-refractivity contribution < 1.29 is 0 Å². The second kappa shape index (κ2) is 9.79. The Kier molecular flexibility index (Phi) is 5.64. The van der Waals surface area contributed by atoms with Crippen molar-refractivity contribution in [3.63, 3.8) is 0 Å². The lowest BCUT2D eigenvalue weighted by atomic mass is 9.94. The van der Waals surface area contributed by atoms with E-state index in [4.69, 9.17) is 10.2 Å². The molecule has 0 aliphatic heterocycles. The minimum absolute atomic E-state index is 0.868. The summed E-state index contributed by atoms with van der Waals surface area (Å²) in [5, 5.41) is 14.7. The molecule has 42 heavy (non-hydrogen) atoms. The van der Waals surface area contributed by atoms with Crippen LogP contribution in [0.4, 0.5) is 0 Å². The molecule has 4 nitrogen and oxygen atoms in total. The van der Waals surface area contributed by atoms with Gasteiger partial charge in [0.1, 0.15) is 11.0 Å². The second-order valence-electron chi connectivity index (χ2n) is 10.7. The fraction of sp³-hybridized carbons (Fsp3) is 0.0263. The number of nitrogens with zero attached hydrogens (tertiary/aromatic N) is 4. The minimum atomic E-state index is 0.868. The molecule has 2 heterocycles. The molecule has 0 N–H and O–H groups in total. The summed E-state index contributed by atoms with van der Waals surface area (Å²) in [6, 6.07) is 45.0. The standard InChI is InChI=1S/C38H26N4/c1-25-13-18-30(23-35(25)29-19-21-39-22-20-29)42-40-37-24-36(33-10-4-5-11-34(33)38(37)41-42)28-16-14-27(15-17-28)32-12-6-8-26-7-2-3-9-31(26)32/h2-24H,1H3. The summed E-state index contributed by atoms with van der Waals surface area (Å²) in [5.74, 6) is 0. The lowest BCUT2D eigenvalue weighted by molar-refractivity contribution is 0.766. The summed E-state index contributed by atoms with van der Waals surface area (Å²) in [6.45, 7) is 2.12. The molecule has 2 aromatic heterocycles. The van der Waals surface area contributed by atoms with E-state index in [1.165, 1.54) is 27.5 Å². The molecule has 0 aliphatic carbocycles. The minimum Gasteiger partial charge on any atom is -0.265 e. The van der Waals surface area contributed by atoms with Crippen LogP contribution in [0.3, 0.4) is 0 Å². The van der Waals surface area contributed by atoms with Gasteiger partial charge in [-0.25, -0.2) is 0 Å². The van der Waals surface area contributed by atoms with Gasteiger partial charge in [0.15, 0.2) is 0 Å². The van der Waals surface area contributed by atoms with Crippen LogP contribution in [0.5, 0.6) is 0 Å². The number of aryl methyl sites for hydroxylation is 1. The van der Waals surface area contributed by atoms with Gasteiger partial charge in [-0.05, 0) is 92.4 Å². The van der Waals surface area contributed by atoms with Crippen LogP contribution in [0, 0.1) is 6.92 Å². The number of hydrogen-bond donors (Lipinski definition) is 0. The van der Waals surface area contributed by atoms with Crippen molar-refractivity contribution in [3.8, 4) is 39.1 Å². The first-order chi connectivity index (χ1) is 20.7. The average Bonchev–Trinajstić information content (AvgIpc) is 3.49. The number of rotatable bonds is 4. The predicted molar refractivity (Wildman–Crippen MR) is 173 cm³/mol. The summed E-state index contributed by atoms with van der Waals surface area (Å²) >= 11 is 0. The van der Waals surface area contributed by atoms with E-state index in [0.29, 0.717) is 0 Å². The monoisotopic (exact) mass is 538 g/mol. The first-order valence-electron chi connectivity index (χ1n) is 14.1. The van der Waals surface area contributed by atoms with Crippen molar-refractivity contribution in [2.45, 2.75) is 6.92 Å². The molecule has 0 amide bonds. The molecular weight excluding hydrogens is 512 g/mol. The van der Waals surface area contributed by atoms with Crippen molar-refractivity contribution in [2.75, 3.05) is 0 Å². The molecule has 0 radical (unpaired) electrons. The van der Waals surface area contributed by atoms with E-state index >= 15 is 0 Å². The summed E-state index contributed by atoms with van der Waals surface area (Å²) in [7, 11) is 0. The van der Waals surface area contributed by atoms with Crippen LogP contribution < -0.4 is 0 Å². The van der Waals surface area contributed by atoms with Crippen LogP contribution in [-0.2, 0) is 0 Å². The van der Waals surface area contributed by atoms with Crippen molar-refractivity contribution >= 4 is 32.6 Å². The fourth-order valence-corrected chi connectivity index (χ4v) is 5.98. The van der Waals surface area contributed by atoms with Crippen molar-refractivity contribution in [1.82, 2.24) is 20.0 Å². The molecule has 4 heteroatoms. The van der Waals surface area contributed by atoms with Gasteiger partial charge < -0.3 is 0 Å². The van der Waals surface area contributed by atoms with E-state index < -0.39 is 0 Å². The number of hydrogen-bond acceptors (Lipinski definition) is 3. The van der Waals surface area contributed by atoms with Crippen LogP contribution in [0.25, 0.3) is 71.6 Å². The third-order valence-electron chi connectivity index (χ3n) is 8.13. The Balaban J connectivity index is 1.24. The van der Waals surface area contributed by atoms with Gasteiger partial charge >= 0.3 is 0 Å². The first kappa shape index (κ1) is 24.2. The number of benzene rings is 6. The molecule has 0 bridgehead atoms. The van der Waals surface area contributed by atoms with E-state index in [1.54, 1.807) is 4.80 Å². The van der Waals surface area contributed by atoms with Crippen molar-refractivity contribution in [1.29, 1.82) is 0 Å². The SMILES string of the molecule is Cc1ccc(-n2nc3cc(-c4ccc(-c5cccc6ccccc56)cc4)c4ccccc4c3n2)cc1-c1ccncc1. The predicted octanol–water partition coefficient (Wildman–Crippen LogP) is 9.43. The van der Waals surface area contributed by atoms with Gasteiger partial charge in [-0.2, -0.15) is 4.80 Å². The third-order valence-corrected chi connectivity index (χ3v) is 8.13. The third kappa shape index (κ3) is 4.04. The summed E-state index contributed by atoms with van der Waals surface area (Å²) < 4.78 is 0. The smallest absolute Gasteiger partial charge is 0.121 e. The lowest BCUT2D eigenvalue weighted by Gasteiger charge is -2.10. The Morgan fingerprint density at radius 2 is 1.17 bits per heavy atom. The topological polar surface area (TPSA) is 43.6 Å². The molecule has 0 unspecified atom stereocenters. The molecule has 0 spiro atoms. The Morgan fingerprint density at radius 3 is 1.98 bits per heavy atom. The Labute approximate surface area is 243 Å². The zero-order valence-corrected chi connectivity index (χ0v) is 23.1. The summed E-state index contributed by atoms with van der Waals surface area (Å²) in [6.07, 6.45) is 3.65. The van der Waals surface area contributed by atoms with Gasteiger partial charge in [-0.15, -0.1) is 10.2 Å². The maximum Gasteiger partial charge on any atom is 0.121 e. The van der Waals surface area contributed by atoms with Crippen LogP contribution >= 0.6 is 0 Å². The summed E-state index contributed by atoms with van der Waals surface area (Å²) in [4.78, 5) is 5.93. The van der Waals surface area contributed by atoms with Crippen LogP contribution in [0.1, 0.15) is 5.56 Å². The van der Waals surface area contributed by atoms with Gasteiger partial charge in [0.05, 0.1) is 5.69 Å². The highest BCUT2D eigenvalue weighted by Gasteiger charge is 2.15. The Bertz CT molecular complexity index is 2240. The molecule has 0 atom stereocenters. The van der Waals surface area contributed by atoms with Crippen LogP contribution in [0.15, 0.2) is 140 Å². The summed E-state index contributed by atoms with van der Waals surface area (Å²) in [5.41, 5.74) is 10.9. The van der Waals surface area contributed by atoms with Crippen LogP contribution in [-0.4, -0.2) is 20.0 Å². The van der Waals surface area contributed by atoms with E-state index in [2.05, 4.69) is 127 Å². The molecule has 0 saturated carbocycles. The van der Waals surface area contributed by atoms with E-state index in [9.17, 15) is 0 Å². The largest absolute Gasteiger partial charge is 0.265 e. The molecule has 6 aromatic carbocycles. The molecule has 198 valence electrons. The first-order valence-corrected chi connectivity index (χ1v) is 14.1. The van der Waals surface area contributed by atoms with Gasteiger partial charge in [0.25, 0.3) is 0 Å². The maximum absolute atomic E-state index is 4.99. The quantitative estimate of drug-likeness (QED) is 0.224. The van der Waals surface area contributed by atoms with Gasteiger partial charge in [-0.1, -0.05) is 97.1 Å². The molecular formula is C38H26N4. The molecule has 8 rings (SSSR count). The van der Waals surface area contributed by atoms with E-state index in [1.807, 2.05) is 24.5 Å². The highest BCUT2D eigenvalue weighted by Crippen LogP contribution is 2.36. The van der Waals surface area contributed by atoms with Gasteiger partial charge in [-0.3, -0.25) is 4.98 Å². The highest BCUT2D eigenvalue weighted by atomic mass is 15.5. The molecule has 0 aliphatic rings. The highest BCUT2D eigenvalue weighted by molar-refractivity contribution is 6.11. The van der Waals surface area contributed by atoms with Crippen molar-refractivity contribution in [3.05, 3.63) is 145 Å². The van der Waals surface area contributed by atoms with Crippen LogP contribution in [0.2, 0.25) is 0 Å². The fourth-order valence-electron chi connectivity index (χ4n) is 5.98. The lowest BCUT2D eigenvalue weighted by Crippen LogP contribution is -1.99. The number of fused-ring (bicyclic) bond motifs is 4. The maximum atomic E-state index is 4.99. The Morgan fingerprint density at radius 1 is 0.500 bits per heavy atom. The van der Waals surface area contributed by atoms with E-state index in [0.717, 1.165) is 49.7 Å². The zero-order valence-electron chi connectivity index (χ0n) is 23.1. The second-order valence-corrected chi connectivity index (χ2v) is 10.7. The molecule has 8 aromatic rings. The Hall–Kier alpha value is -5.61.